The van der Waals surface area contributed by atoms with Crippen LogP contribution in [0.4, 0.5) is 0 Å². The van der Waals surface area contributed by atoms with Gasteiger partial charge in [0.2, 0.25) is 0 Å². The number of benzene rings is 1. The smallest absolute Gasteiger partial charge is 0.326 e. The summed E-state index contributed by atoms with van der Waals surface area (Å²) in [4.78, 5) is 12.3. The van der Waals surface area contributed by atoms with Crippen LogP contribution in [0.2, 0.25) is 0 Å². The van der Waals surface area contributed by atoms with Crippen molar-refractivity contribution < 1.29 is 9.53 Å². The highest BCUT2D eigenvalue weighted by atomic mass is 16.6. The molecule has 0 amide bonds. The van der Waals surface area contributed by atoms with E-state index < -0.39 is 11.1 Å². The number of hydrogen-bond donors (Lipinski definition) is 1. The minimum Gasteiger partial charge on any atom is -0.459 e. The summed E-state index contributed by atoms with van der Waals surface area (Å²) < 4.78 is 5.55. The van der Waals surface area contributed by atoms with Gasteiger partial charge >= 0.3 is 5.97 Å². The second-order valence-corrected chi connectivity index (χ2v) is 6.79. The predicted octanol–water partition coefficient (Wildman–Crippen LogP) is 2.82. The van der Waals surface area contributed by atoms with E-state index in [1.807, 2.05) is 39.0 Å². The van der Waals surface area contributed by atoms with E-state index in [1.165, 1.54) is 5.56 Å². The van der Waals surface area contributed by atoms with Crippen LogP contribution in [0.5, 0.6) is 0 Å². The first-order valence-corrected chi connectivity index (χ1v) is 6.96. The second-order valence-electron chi connectivity index (χ2n) is 6.79. The monoisotopic (exact) mass is 259 g/mol. The summed E-state index contributed by atoms with van der Waals surface area (Å²) >= 11 is 0. The van der Waals surface area contributed by atoms with E-state index in [2.05, 4.69) is 17.4 Å². The maximum absolute atomic E-state index is 12.3. The van der Waals surface area contributed by atoms with Crippen LogP contribution in [-0.2, 0) is 9.53 Å². The number of fused-ring (bicyclic) bond motifs is 1. The molecular weight excluding hydrogens is 238 g/mol. The number of carbonyl (C=O) groups excluding carboxylic acids is 1. The van der Waals surface area contributed by atoms with E-state index in [4.69, 9.17) is 4.74 Å². The molecule has 0 spiro atoms. The van der Waals surface area contributed by atoms with E-state index in [1.54, 1.807) is 0 Å². The molecule has 0 aromatic heterocycles. The van der Waals surface area contributed by atoms with E-state index >= 15 is 0 Å². The van der Waals surface area contributed by atoms with Crippen LogP contribution in [0, 0.1) is 5.92 Å². The Kier molecular flexibility index (Phi) is 2.72. The summed E-state index contributed by atoms with van der Waals surface area (Å²) in [6.07, 6.45) is 1.81. The van der Waals surface area contributed by atoms with Gasteiger partial charge in [-0.15, -0.1) is 0 Å². The van der Waals surface area contributed by atoms with Crippen LogP contribution in [0.1, 0.15) is 45.2 Å². The third-order valence-electron chi connectivity index (χ3n) is 4.07. The molecule has 1 aromatic rings. The molecule has 0 radical (unpaired) electrons. The van der Waals surface area contributed by atoms with Crippen molar-refractivity contribution in [2.45, 2.75) is 50.8 Å². The molecule has 102 valence electrons. The maximum Gasteiger partial charge on any atom is 0.326 e. The SMILES string of the molecule is CC(C)(C)OC(=O)C12CC(C1)C(c1ccccc1)N2. The number of rotatable bonds is 2. The van der Waals surface area contributed by atoms with Gasteiger partial charge in [0, 0.05) is 6.04 Å². The zero-order chi connectivity index (χ0) is 13.7. The molecule has 3 heteroatoms. The van der Waals surface area contributed by atoms with Crippen molar-refractivity contribution in [1.82, 2.24) is 5.32 Å². The molecule has 1 N–H and O–H groups in total. The molecule has 1 aliphatic carbocycles. The van der Waals surface area contributed by atoms with Crippen molar-refractivity contribution in [1.29, 1.82) is 0 Å². The maximum atomic E-state index is 12.3. The molecule has 1 unspecified atom stereocenters. The highest BCUT2D eigenvalue weighted by Crippen LogP contribution is 2.54. The average molecular weight is 259 g/mol. The Hall–Kier alpha value is -1.35. The fraction of sp³-hybridized carbons (Fsp3) is 0.562. The summed E-state index contributed by atoms with van der Waals surface area (Å²) in [5.41, 5.74) is 0.428. The van der Waals surface area contributed by atoms with Gasteiger partial charge in [-0.2, -0.15) is 0 Å². The summed E-state index contributed by atoms with van der Waals surface area (Å²) in [7, 11) is 0. The van der Waals surface area contributed by atoms with Crippen LogP contribution in [0.25, 0.3) is 0 Å². The van der Waals surface area contributed by atoms with Crippen LogP contribution in [0.15, 0.2) is 30.3 Å². The lowest BCUT2D eigenvalue weighted by Crippen LogP contribution is -2.53. The van der Waals surface area contributed by atoms with Crippen LogP contribution >= 0.6 is 0 Å². The molecule has 3 fully saturated rings. The van der Waals surface area contributed by atoms with Crippen LogP contribution in [-0.4, -0.2) is 17.1 Å². The first-order chi connectivity index (χ1) is 8.90. The van der Waals surface area contributed by atoms with Crippen LogP contribution < -0.4 is 5.32 Å². The first kappa shape index (κ1) is 12.7. The fourth-order valence-corrected chi connectivity index (χ4v) is 3.22. The Morgan fingerprint density at radius 3 is 2.47 bits per heavy atom. The van der Waals surface area contributed by atoms with Gasteiger partial charge in [-0.1, -0.05) is 30.3 Å². The molecule has 2 aliphatic heterocycles. The minimum absolute atomic E-state index is 0.0883. The second kappa shape index (κ2) is 4.07. The quantitative estimate of drug-likeness (QED) is 0.830. The zero-order valence-corrected chi connectivity index (χ0v) is 11.8. The normalized spacial score (nSPS) is 32.8. The number of nitrogens with one attached hydrogen (secondary N) is 1. The lowest BCUT2D eigenvalue weighted by Gasteiger charge is -2.37. The Morgan fingerprint density at radius 2 is 1.89 bits per heavy atom. The van der Waals surface area contributed by atoms with Crippen molar-refractivity contribution in [2.24, 2.45) is 5.92 Å². The van der Waals surface area contributed by atoms with Crippen molar-refractivity contribution in [3.05, 3.63) is 35.9 Å². The van der Waals surface area contributed by atoms with Crippen molar-refractivity contribution in [2.75, 3.05) is 0 Å². The Balaban J connectivity index is 1.73. The average Bonchev–Trinajstić information content (AvgIpc) is 2.83. The first-order valence-electron chi connectivity index (χ1n) is 6.96. The predicted molar refractivity (Wildman–Crippen MR) is 73.6 cm³/mol. The molecule has 2 saturated heterocycles. The van der Waals surface area contributed by atoms with Crippen molar-refractivity contribution in [3.8, 4) is 0 Å². The molecule has 19 heavy (non-hydrogen) atoms. The zero-order valence-electron chi connectivity index (χ0n) is 11.8. The molecule has 4 rings (SSSR count). The summed E-state index contributed by atoms with van der Waals surface area (Å²) in [5, 5.41) is 3.51. The third kappa shape index (κ3) is 2.16. The number of esters is 1. The van der Waals surface area contributed by atoms with E-state index in [0.29, 0.717) is 12.0 Å². The molecule has 2 heterocycles. The standard InChI is InChI=1S/C16H21NO2/c1-15(2,3)19-14(18)16-9-12(10-16)13(17-16)11-7-5-4-6-8-11/h4-8,12-13,17H,9-10H2,1-3H3. The van der Waals surface area contributed by atoms with Gasteiger partial charge in [0.05, 0.1) is 0 Å². The minimum atomic E-state index is -0.432. The summed E-state index contributed by atoms with van der Waals surface area (Å²) in [6.45, 7) is 5.75. The number of hydrogen-bond acceptors (Lipinski definition) is 3. The van der Waals surface area contributed by atoms with Gasteiger partial charge < -0.3 is 4.74 Å². The van der Waals surface area contributed by atoms with E-state index in [-0.39, 0.29) is 5.97 Å². The molecule has 1 aromatic carbocycles. The highest BCUT2D eigenvalue weighted by molar-refractivity contribution is 5.83. The molecule has 2 bridgehead atoms. The van der Waals surface area contributed by atoms with E-state index in [9.17, 15) is 4.79 Å². The largest absolute Gasteiger partial charge is 0.459 e. The van der Waals surface area contributed by atoms with Gasteiger partial charge in [0.15, 0.2) is 0 Å². The van der Waals surface area contributed by atoms with Gasteiger partial charge in [-0.3, -0.25) is 10.1 Å². The molecule has 3 nitrogen and oxygen atoms in total. The van der Waals surface area contributed by atoms with Crippen LogP contribution in [0.3, 0.4) is 0 Å². The number of ether oxygens (including phenoxy) is 1. The van der Waals surface area contributed by atoms with Gasteiger partial charge in [0.1, 0.15) is 11.1 Å². The third-order valence-corrected chi connectivity index (χ3v) is 4.07. The lowest BCUT2D eigenvalue weighted by atomic mass is 9.71. The van der Waals surface area contributed by atoms with Gasteiger partial charge in [-0.05, 0) is 45.1 Å². The molecular formula is C16H21NO2. The Morgan fingerprint density at radius 1 is 1.26 bits per heavy atom. The summed E-state index contributed by atoms with van der Waals surface area (Å²) in [6, 6.07) is 10.7. The lowest BCUT2D eigenvalue weighted by molar-refractivity contribution is -0.165. The van der Waals surface area contributed by atoms with Gasteiger partial charge in [0.25, 0.3) is 0 Å². The highest BCUT2D eigenvalue weighted by Gasteiger charge is 2.61. The molecule has 1 saturated carbocycles. The topological polar surface area (TPSA) is 38.3 Å². The fourth-order valence-electron chi connectivity index (χ4n) is 3.22. The Labute approximate surface area is 114 Å². The molecule has 1 atom stereocenters. The Bertz CT molecular complexity index is 483. The molecule has 3 aliphatic rings. The number of carbonyl (C=O) groups is 1. The van der Waals surface area contributed by atoms with Crippen molar-refractivity contribution in [3.63, 3.8) is 0 Å². The van der Waals surface area contributed by atoms with Crippen molar-refractivity contribution >= 4 is 5.97 Å². The van der Waals surface area contributed by atoms with Gasteiger partial charge in [-0.25, -0.2) is 0 Å². The van der Waals surface area contributed by atoms with E-state index in [0.717, 1.165) is 12.8 Å². The summed E-state index contributed by atoms with van der Waals surface area (Å²) in [5.74, 6) is 0.476.